The van der Waals surface area contributed by atoms with Crippen molar-refractivity contribution >= 4 is 23.4 Å². The lowest BCUT2D eigenvalue weighted by Crippen LogP contribution is -2.68. The molecule has 3 aromatic rings. The van der Waals surface area contributed by atoms with Gasteiger partial charge in [0.1, 0.15) is 11.6 Å². The van der Waals surface area contributed by atoms with E-state index in [1.165, 1.54) is 24.3 Å². The van der Waals surface area contributed by atoms with Gasteiger partial charge in [0.2, 0.25) is 5.69 Å². The van der Waals surface area contributed by atoms with Crippen molar-refractivity contribution in [3.8, 4) is 5.75 Å². The molecular weight excluding hydrogens is 599 g/mol. The molecule has 4 rings (SSSR count). The van der Waals surface area contributed by atoms with Crippen molar-refractivity contribution in [2.24, 2.45) is 11.7 Å². The Morgan fingerprint density at radius 2 is 1.77 bits per heavy atom. The van der Waals surface area contributed by atoms with E-state index in [0.29, 0.717) is 55.2 Å². The van der Waals surface area contributed by atoms with Crippen LogP contribution in [0.5, 0.6) is 5.75 Å². The summed E-state index contributed by atoms with van der Waals surface area (Å²) < 4.78 is 24.9. The second-order valence-corrected chi connectivity index (χ2v) is 12.4. The number of ether oxygens (including phenoxy) is 2. The van der Waals surface area contributed by atoms with Crippen molar-refractivity contribution in [1.82, 2.24) is 10.2 Å². The van der Waals surface area contributed by atoms with Gasteiger partial charge < -0.3 is 30.5 Å². The zero-order valence-corrected chi connectivity index (χ0v) is 27.7. The van der Waals surface area contributed by atoms with E-state index < -0.39 is 12.1 Å². The molecule has 0 radical (unpaired) electrons. The van der Waals surface area contributed by atoms with E-state index in [4.69, 9.17) is 15.2 Å². The average molecular weight is 648 g/mol. The van der Waals surface area contributed by atoms with Crippen molar-refractivity contribution in [1.29, 1.82) is 0 Å². The van der Waals surface area contributed by atoms with Crippen LogP contribution in [0.25, 0.3) is 0 Å². The van der Waals surface area contributed by atoms with Gasteiger partial charge in [-0.3, -0.25) is 9.59 Å². The Balaban J connectivity index is 1.55. The quantitative estimate of drug-likeness (QED) is 0.144. The van der Waals surface area contributed by atoms with Crippen molar-refractivity contribution in [2.75, 3.05) is 19.8 Å². The maximum Gasteiger partial charge on any atom is 0.340 e. The molecule has 10 heteroatoms. The van der Waals surface area contributed by atoms with Gasteiger partial charge in [-0.1, -0.05) is 30.3 Å². The number of hydrogen-bond donors (Lipinski definition) is 4. The summed E-state index contributed by atoms with van der Waals surface area (Å²) >= 11 is 0. The second-order valence-electron chi connectivity index (χ2n) is 12.4. The number of nitrogens with two attached hydrogens (primary N) is 1. The first-order valence-corrected chi connectivity index (χ1v) is 16.4. The summed E-state index contributed by atoms with van der Waals surface area (Å²) in [4.78, 5) is 32.4. The van der Waals surface area contributed by atoms with Gasteiger partial charge in [-0.15, -0.1) is 0 Å². The molecule has 5 N–H and O–H groups in total. The number of hydrogen-bond acceptors (Lipinski definition) is 5. The third-order valence-corrected chi connectivity index (χ3v) is 8.33. The highest BCUT2D eigenvalue weighted by Gasteiger charge is 2.31. The zero-order chi connectivity index (χ0) is 33.9. The lowest BCUT2D eigenvalue weighted by Gasteiger charge is -2.27. The minimum Gasteiger partial charge on any atom is -0.494 e. The summed E-state index contributed by atoms with van der Waals surface area (Å²) in [5, 5.41) is 13.9. The van der Waals surface area contributed by atoms with Crippen LogP contribution in [-0.2, 0) is 11.2 Å². The Labute approximate surface area is 277 Å². The van der Waals surface area contributed by atoms with Crippen LogP contribution >= 0.6 is 0 Å². The number of nitrogens with zero attached hydrogens (tertiary/aromatic N) is 1. The van der Waals surface area contributed by atoms with Crippen LogP contribution in [0.1, 0.15) is 73.2 Å². The van der Waals surface area contributed by atoms with Crippen molar-refractivity contribution < 1.29 is 33.6 Å². The number of carbonyl (C=O) groups excluding carboxylic acids is 2. The lowest BCUT2D eigenvalue weighted by atomic mass is 9.92. The Kier molecular flexibility index (Phi) is 12.9. The standard InChI is InChI=1S/C37H47FN4O5/c1-5-46-32-21-27(20-28(22-32)37(45)42-17-9-12-31(42)23-47-24(2)3)36(44)41-34(19-26-10-7-6-8-11-26)33(39)18-25(4)35(43)40-30-15-13-29(38)14-16-30/h6-8,10-11,13-16,20-22,24-25,31,33-34H,5,9,12,17-19,23,39H2,1-4H3,(H,40,43)(H,41,44)/p+1/t25-,31-,33+,34+/m1/s1. The maximum absolute atomic E-state index is 13.9. The number of rotatable bonds is 15. The Hall–Kier alpha value is -4.28. The van der Waals surface area contributed by atoms with Gasteiger partial charge >= 0.3 is 5.90 Å². The van der Waals surface area contributed by atoms with Gasteiger partial charge in [0.15, 0.2) is 0 Å². The van der Waals surface area contributed by atoms with E-state index in [2.05, 4.69) is 10.3 Å². The lowest BCUT2D eigenvalue weighted by molar-refractivity contribution is -0.369. The SMILES string of the molecule is CCOc1cc(C(=O)N[C@@H](Cc2ccccc2)[C@@H](N)C[C@@H](C)C(O)=[NH+]c2ccc(F)cc2)cc(C(=O)N2CCC[C@@H]2COC(C)C)c1. The number of aliphatic hydroxyl groups excluding tert-OH is 1. The summed E-state index contributed by atoms with van der Waals surface area (Å²) in [6.45, 7) is 9.08. The predicted molar refractivity (Wildman–Crippen MR) is 181 cm³/mol. The maximum atomic E-state index is 13.9. The highest BCUT2D eigenvalue weighted by Crippen LogP contribution is 2.25. The number of aliphatic hydroxyl groups is 1. The molecule has 2 amide bonds. The molecule has 0 aliphatic carbocycles. The fraction of sp³-hybridized carbons (Fsp3) is 0.432. The third-order valence-electron chi connectivity index (χ3n) is 8.33. The van der Waals surface area contributed by atoms with Gasteiger partial charge in [-0.05, 0) is 89.3 Å². The van der Waals surface area contributed by atoms with Crippen LogP contribution < -0.4 is 20.8 Å². The van der Waals surface area contributed by atoms with Gasteiger partial charge in [-0.25, -0.2) is 4.39 Å². The number of carbonyl (C=O) groups is 2. The first-order valence-electron chi connectivity index (χ1n) is 16.4. The Bertz CT molecular complexity index is 1500. The summed E-state index contributed by atoms with van der Waals surface area (Å²) in [6, 6.07) is 19.3. The van der Waals surface area contributed by atoms with Crippen LogP contribution in [0.2, 0.25) is 0 Å². The first kappa shape index (κ1) is 35.6. The third kappa shape index (κ3) is 10.4. The fourth-order valence-electron chi connectivity index (χ4n) is 5.77. The molecule has 1 fully saturated rings. The largest absolute Gasteiger partial charge is 0.494 e. The van der Waals surface area contributed by atoms with Gasteiger partial charge in [0.25, 0.3) is 11.8 Å². The van der Waals surface area contributed by atoms with Crippen LogP contribution in [-0.4, -0.2) is 71.7 Å². The number of benzene rings is 3. The zero-order valence-electron chi connectivity index (χ0n) is 27.7. The predicted octanol–water partition coefficient (Wildman–Crippen LogP) is 4.32. The molecule has 252 valence electrons. The molecule has 3 aromatic carbocycles. The Morgan fingerprint density at radius 3 is 2.45 bits per heavy atom. The molecule has 1 saturated heterocycles. The molecule has 0 bridgehead atoms. The molecule has 1 heterocycles. The highest BCUT2D eigenvalue weighted by molar-refractivity contribution is 6.00. The van der Waals surface area contributed by atoms with Crippen LogP contribution in [0.3, 0.4) is 0 Å². The van der Waals surface area contributed by atoms with Crippen LogP contribution in [0.15, 0.2) is 72.8 Å². The topological polar surface area (TPSA) is 128 Å². The smallest absolute Gasteiger partial charge is 0.340 e. The number of likely N-dealkylation sites (tertiary alicyclic amines) is 1. The van der Waals surface area contributed by atoms with E-state index in [1.54, 1.807) is 18.2 Å². The van der Waals surface area contributed by atoms with Gasteiger partial charge in [-0.2, -0.15) is 4.99 Å². The first-order chi connectivity index (χ1) is 22.5. The van der Waals surface area contributed by atoms with E-state index in [-0.39, 0.29) is 41.6 Å². The summed E-state index contributed by atoms with van der Waals surface area (Å²) in [6.07, 6.45) is 2.61. The molecule has 4 atom stereocenters. The molecule has 0 spiro atoms. The summed E-state index contributed by atoms with van der Waals surface area (Å²) in [5.74, 6) is -0.886. The number of nitrogens with one attached hydrogen (secondary N) is 2. The normalized spacial score (nSPS) is 17.0. The number of halogens is 1. The Morgan fingerprint density at radius 1 is 1.06 bits per heavy atom. The molecule has 1 aliphatic rings. The highest BCUT2D eigenvalue weighted by atomic mass is 19.1. The van der Waals surface area contributed by atoms with Gasteiger partial charge in [0.05, 0.1) is 31.3 Å². The minimum atomic E-state index is -0.547. The molecule has 47 heavy (non-hydrogen) atoms. The monoisotopic (exact) mass is 647 g/mol. The number of amides is 2. The van der Waals surface area contributed by atoms with E-state index in [0.717, 1.165) is 18.4 Å². The molecular formula is C37H48FN4O5+. The van der Waals surface area contributed by atoms with Crippen molar-refractivity contribution in [2.45, 2.75) is 77.6 Å². The van der Waals surface area contributed by atoms with Crippen LogP contribution in [0, 0.1) is 11.7 Å². The van der Waals surface area contributed by atoms with Gasteiger partial charge in [0, 0.05) is 41.9 Å². The van der Waals surface area contributed by atoms with Crippen LogP contribution in [0.4, 0.5) is 10.1 Å². The summed E-state index contributed by atoms with van der Waals surface area (Å²) in [5.41, 5.74) is 8.94. The molecule has 0 aromatic heterocycles. The fourth-order valence-corrected chi connectivity index (χ4v) is 5.77. The van der Waals surface area contributed by atoms with Crippen molar-refractivity contribution in [3.05, 3.63) is 95.3 Å². The molecule has 1 aliphatic heterocycles. The minimum absolute atomic E-state index is 0.0107. The average Bonchev–Trinajstić information content (AvgIpc) is 3.53. The van der Waals surface area contributed by atoms with Crippen molar-refractivity contribution in [3.63, 3.8) is 0 Å². The molecule has 0 unspecified atom stereocenters. The van der Waals surface area contributed by atoms with E-state index >= 15 is 0 Å². The summed E-state index contributed by atoms with van der Waals surface area (Å²) in [7, 11) is 0. The second kappa shape index (κ2) is 17.0. The molecule has 9 nitrogen and oxygen atoms in total. The van der Waals surface area contributed by atoms with E-state index in [1.807, 2.05) is 62.9 Å². The molecule has 0 saturated carbocycles. The van der Waals surface area contributed by atoms with E-state index in [9.17, 15) is 19.1 Å².